The Morgan fingerprint density at radius 1 is 0.929 bits per heavy atom. The van der Waals surface area contributed by atoms with Gasteiger partial charge in [0.15, 0.2) is 5.81 Å². The van der Waals surface area contributed by atoms with Gasteiger partial charge in [-0.3, -0.25) is 9.48 Å². The Labute approximate surface area is 166 Å². The molecule has 28 heavy (non-hydrogen) atoms. The number of carbonyl (C=O) groups excluding carboxylic acids is 1. The summed E-state index contributed by atoms with van der Waals surface area (Å²) in [6, 6.07) is 20.9. The average molecular weight is 369 g/mol. The Hall–Kier alpha value is -3.08. The van der Waals surface area contributed by atoms with Gasteiger partial charge in [0.1, 0.15) is 0 Å². The second-order valence-corrected chi connectivity index (χ2v) is 7.26. The van der Waals surface area contributed by atoms with Crippen LogP contribution in [0.3, 0.4) is 0 Å². The lowest BCUT2D eigenvalue weighted by Crippen LogP contribution is -2.35. The maximum Gasteiger partial charge on any atom is 0.215 e. The van der Waals surface area contributed by atoms with E-state index < -0.39 is 0 Å². The smallest absolute Gasteiger partial charge is 0.215 e. The third-order valence-electron chi connectivity index (χ3n) is 5.34. The fourth-order valence-electron chi connectivity index (χ4n) is 3.87. The molecule has 2 heterocycles. The quantitative estimate of drug-likeness (QED) is 0.660. The maximum atomic E-state index is 11.7. The minimum Gasteiger partial charge on any atom is -0.351 e. The summed E-state index contributed by atoms with van der Waals surface area (Å²) in [6.45, 7) is 2.34. The number of benzene rings is 2. The standard InChI is InChI=1S/C23H24BN3O/c24-23(28)26-13-11-20(12-14-26)22(19-9-5-2-6-10-19)21-15-25-27(17-21)16-18-7-3-1-4-8-18/h1-10,15,17H,11-14,16,24H2. The van der Waals surface area contributed by atoms with E-state index in [4.69, 9.17) is 0 Å². The van der Waals surface area contributed by atoms with Crippen molar-refractivity contribution >= 4 is 19.2 Å². The second-order valence-electron chi connectivity index (χ2n) is 7.26. The van der Waals surface area contributed by atoms with Crippen LogP contribution >= 0.6 is 0 Å². The number of aromatic nitrogens is 2. The van der Waals surface area contributed by atoms with E-state index in [9.17, 15) is 4.79 Å². The molecule has 1 amide bonds. The van der Waals surface area contributed by atoms with Gasteiger partial charge in [-0.05, 0) is 29.5 Å². The molecule has 0 aliphatic carbocycles. The lowest BCUT2D eigenvalue weighted by molar-refractivity contribution is 0.217. The van der Waals surface area contributed by atoms with E-state index in [0.29, 0.717) is 0 Å². The van der Waals surface area contributed by atoms with E-state index in [2.05, 4.69) is 59.8 Å². The Bertz CT molecular complexity index is 969. The van der Waals surface area contributed by atoms with E-state index >= 15 is 0 Å². The normalized spacial score (nSPS) is 14.1. The molecule has 0 atom stereocenters. The van der Waals surface area contributed by atoms with Crippen molar-refractivity contribution in [2.75, 3.05) is 13.1 Å². The Morgan fingerprint density at radius 2 is 1.57 bits per heavy atom. The summed E-state index contributed by atoms with van der Waals surface area (Å²) in [7, 11) is 1.65. The Balaban J connectivity index is 1.66. The number of likely N-dealkylation sites (tertiary alicyclic amines) is 1. The van der Waals surface area contributed by atoms with Crippen molar-refractivity contribution in [2.24, 2.45) is 0 Å². The molecule has 4 nitrogen and oxygen atoms in total. The van der Waals surface area contributed by atoms with E-state index in [0.717, 1.165) is 38.0 Å². The SMILES string of the molecule is BC(=O)N1CCC(=C(c2ccccc2)c2cnn(Cc3ccccc3)c2)CC1. The van der Waals surface area contributed by atoms with Crippen molar-refractivity contribution in [3.8, 4) is 0 Å². The first-order chi connectivity index (χ1) is 13.7. The molecule has 5 heteroatoms. The lowest BCUT2D eigenvalue weighted by Gasteiger charge is -2.29. The summed E-state index contributed by atoms with van der Waals surface area (Å²) < 4.78 is 2.00. The van der Waals surface area contributed by atoms with Crippen molar-refractivity contribution in [2.45, 2.75) is 19.4 Å². The van der Waals surface area contributed by atoms with Crippen molar-refractivity contribution in [3.63, 3.8) is 0 Å². The van der Waals surface area contributed by atoms with Gasteiger partial charge in [0.25, 0.3) is 0 Å². The average Bonchev–Trinajstić information content (AvgIpc) is 3.18. The summed E-state index contributed by atoms with van der Waals surface area (Å²) in [6.07, 6.45) is 5.93. The molecule has 0 N–H and O–H groups in total. The highest BCUT2D eigenvalue weighted by Gasteiger charge is 2.20. The molecule has 0 saturated carbocycles. The number of rotatable bonds is 4. The molecule has 1 aliphatic rings. The van der Waals surface area contributed by atoms with Crippen LogP contribution in [0.25, 0.3) is 5.57 Å². The highest BCUT2D eigenvalue weighted by molar-refractivity contribution is 6.56. The summed E-state index contributed by atoms with van der Waals surface area (Å²) in [5, 5.41) is 4.61. The summed E-state index contributed by atoms with van der Waals surface area (Å²) in [4.78, 5) is 13.6. The van der Waals surface area contributed by atoms with Crippen LogP contribution in [-0.4, -0.2) is 41.4 Å². The molecule has 1 aliphatic heterocycles. The molecule has 1 fully saturated rings. The van der Waals surface area contributed by atoms with Gasteiger partial charge in [-0.1, -0.05) is 66.2 Å². The first-order valence-electron chi connectivity index (χ1n) is 9.80. The molecular formula is C23H24BN3O. The molecule has 0 spiro atoms. The van der Waals surface area contributed by atoms with Gasteiger partial charge in [0, 0.05) is 24.8 Å². The van der Waals surface area contributed by atoms with Crippen LogP contribution < -0.4 is 0 Å². The first kappa shape index (κ1) is 18.3. The zero-order chi connectivity index (χ0) is 19.3. The predicted molar refractivity (Wildman–Crippen MR) is 115 cm³/mol. The fourth-order valence-corrected chi connectivity index (χ4v) is 3.87. The van der Waals surface area contributed by atoms with Crippen LogP contribution in [0.2, 0.25) is 0 Å². The first-order valence-corrected chi connectivity index (χ1v) is 9.80. The fraction of sp³-hybridized carbons (Fsp3) is 0.217. The van der Waals surface area contributed by atoms with Crippen LogP contribution in [0.4, 0.5) is 4.79 Å². The monoisotopic (exact) mass is 369 g/mol. The molecule has 2 aromatic carbocycles. The van der Waals surface area contributed by atoms with Crippen molar-refractivity contribution in [1.29, 1.82) is 0 Å². The van der Waals surface area contributed by atoms with Gasteiger partial charge in [0.05, 0.1) is 12.7 Å². The highest BCUT2D eigenvalue weighted by atomic mass is 16.1. The maximum absolute atomic E-state index is 11.7. The number of nitrogens with zero attached hydrogens (tertiary/aromatic N) is 3. The molecule has 1 aromatic heterocycles. The Morgan fingerprint density at radius 3 is 2.21 bits per heavy atom. The third-order valence-corrected chi connectivity index (χ3v) is 5.34. The number of carbonyl (C=O) groups is 1. The number of piperidine rings is 1. The molecule has 0 bridgehead atoms. The van der Waals surface area contributed by atoms with E-state index in [1.807, 2.05) is 27.9 Å². The van der Waals surface area contributed by atoms with Crippen LogP contribution in [0.1, 0.15) is 29.5 Å². The Kier molecular flexibility index (Phi) is 5.42. The molecular weight excluding hydrogens is 345 g/mol. The zero-order valence-corrected chi connectivity index (χ0v) is 16.2. The van der Waals surface area contributed by atoms with Gasteiger partial charge < -0.3 is 4.90 Å². The summed E-state index contributed by atoms with van der Waals surface area (Å²) in [5.41, 5.74) is 6.27. The van der Waals surface area contributed by atoms with Gasteiger partial charge in [-0.15, -0.1) is 0 Å². The number of amides is 1. The van der Waals surface area contributed by atoms with Crippen LogP contribution in [-0.2, 0) is 6.54 Å². The van der Waals surface area contributed by atoms with Crippen LogP contribution in [0, 0.1) is 0 Å². The highest BCUT2D eigenvalue weighted by Crippen LogP contribution is 2.32. The molecule has 0 radical (unpaired) electrons. The summed E-state index contributed by atoms with van der Waals surface area (Å²) in [5.74, 6) is 0.163. The van der Waals surface area contributed by atoms with E-state index in [1.165, 1.54) is 22.3 Å². The van der Waals surface area contributed by atoms with Crippen molar-refractivity contribution in [1.82, 2.24) is 14.7 Å². The number of hydrogen-bond donors (Lipinski definition) is 0. The van der Waals surface area contributed by atoms with Crippen LogP contribution in [0.15, 0.2) is 78.6 Å². The number of hydrogen-bond acceptors (Lipinski definition) is 2. The van der Waals surface area contributed by atoms with Gasteiger partial charge >= 0.3 is 0 Å². The minimum absolute atomic E-state index is 0.163. The molecule has 1 saturated heterocycles. The summed E-state index contributed by atoms with van der Waals surface area (Å²) >= 11 is 0. The molecule has 0 unspecified atom stereocenters. The van der Waals surface area contributed by atoms with Gasteiger partial charge in [-0.25, -0.2) is 0 Å². The van der Waals surface area contributed by atoms with E-state index in [1.54, 1.807) is 7.85 Å². The largest absolute Gasteiger partial charge is 0.351 e. The molecule has 4 rings (SSSR count). The van der Waals surface area contributed by atoms with Crippen molar-refractivity contribution < 1.29 is 4.79 Å². The van der Waals surface area contributed by atoms with Gasteiger partial charge in [0.2, 0.25) is 7.85 Å². The topological polar surface area (TPSA) is 38.1 Å². The second kappa shape index (κ2) is 8.30. The van der Waals surface area contributed by atoms with Gasteiger partial charge in [-0.2, -0.15) is 5.10 Å². The van der Waals surface area contributed by atoms with E-state index in [-0.39, 0.29) is 5.81 Å². The third kappa shape index (κ3) is 4.09. The minimum atomic E-state index is 0.163. The van der Waals surface area contributed by atoms with Crippen LogP contribution in [0.5, 0.6) is 0 Å². The zero-order valence-electron chi connectivity index (χ0n) is 16.2. The lowest BCUT2D eigenvalue weighted by atomic mass is 9.89. The predicted octanol–water partition coefficient (Wildman–Crippen LogP) is 3.58. The molecule has 140 valence electrons. The van der Waals surface area contributed by atoms with Crippen molar-refractivity contribution in [3.05, 3.63) is 95.3 Å². The molecule has 3 aromatic rings.